The number of rotatable bonds is 4. The molecule has 0 unspecified atom stereocenters. The predicted octanol–water partition coefficient (Wildman–Crippen LogP) is 2.58. The van der Waals surface area contributed by atoms with E-state index in [2.05, 4.69) is 15.4 Å². The third-order valence-corrected chi connectivity index (χ3v) is 4.96. The van der Waals surface area contributed by atoms with E-state index in [1.54, 1.807) is 30.5 Å². The van der Waals surface area contributed by atoms with Crippen molar-refractivity contribution in [1.29, 1.82) is 0 Å². The zero-order valence-corrected chi connectivity index (χ0v) is 15.1. The van der Waals surface area contributed by atoms with Gasteiger partial charge in [-0.3, -0.25) is 9.78 Å². The van der Waals surface area contributed by atoms with Crippen LogP contribution in [-0.2, 0) is 10.0 Å². The quantitative estimate of drug-likeness (QED) is 0.716. The Hall–Kier alpha value is -2.74. The van der Waals surface area contributed by atoms with Crippen LogP contribution in [0.2, 0.25) is 5.02 Å². The van der Waals surface area contributed by atoms with Crippen molar-refractivity contribution in [3.05, 3.63) is 77.4 Å². The number of sulfonamides is 1. The first kappa shape index (κ1) is 18.1. The topological polar surface area (TPSA) is 104 Å². The highest BCUT2D eigenvalue weighted by atomic mass is 35.5. The molecule has 1 amide bonds. The molecule has 0 aliphatic heterocycles. The van der Waals surface area contributed by atoms with Gasteiger partial charge in [-0.25, -0.2) is 5.14 Å². The molecule has 0 atom stereocenters. The van der Waals surface area contributed by atoms with Crippen LogP contribution in [0.4, 0.5) is 5.69 Å². The number of anilines is 1. The largest absolute Gasteiger partial charge is 0.322 e. The summed E-state index contributed by atoms with van der Waals surface area (Å²) in [4.78, 5) is 16.7. The van der Waals surface area contributed by atoms with Crippen molar-refractivity contribution < 1.29 is 18.4 Å². The molecule has 1 heterocycles. The molecule has 0 fully saturated rings. The Bertz CT molecular complexity index is 1050. The average Bonchev–Trinajstić information content (AvgIpc) is 2.63. The van der Waals surface area contributed by atoms with Crippen molar-refractivity contribution in [2.75, 3.05) is 5.32 Å². The van der Waals surface area contributed by atoms with Gasteiger partial charge in [-0.1, -0.05) is 17.7 Å². The highest BCUT2D eigenvalue weighted by Gasteiger charge is 2.13. The second-order valence-electron chi connectivity index (χ2n) is 5.50. The van der Waals surface area contributed by atoms with Crippen LogP contribution in [0, 0.1) is 0 Å². The summed E-state index contributed by atoms with van der Waals surface area (Å²) >= 11 is 6.23. The minimum atomic E-state index is -3.55. The Morgan fingerprint density at radius 1 is 1.04 bits per heavy atom. The van der Waals surface area contributed by atoms with Crippen LogP contribution in [0.1, 0.15) is 10.4 Å². The summed E-state index contributed by atoms with van der Waals surface area (Å²) in [5, 5.41) is 6.37. The molecule has 0 radical (unpaired) electrons. The molecule has 0 saturated carbocycles. The molecule has 3 rings (SSSR count). The van der Waals surface area contributed by atoms with Gasteiger partial charge in [0, 0.05) is 23.0 Å². The van der Waals surface area contributed by atoms with Crippen molar-refractivity contribution >= 4 is 33.2 Å². The van der Waals surface area contributed by atoms with E-state index < -0.39 is 10.0 Å². The lowest BCUT2D eigenvalue weighted by atomic mass is 10.1. The van der Waals surface area contributed by atoms with E-state index in [1.165, 1.54) is 24.3 Å². The van der Waals surface area contributed by atoms with E-state index in [-0.39, 0.29) is 10.8 Å². The highest BCUT2D eigenvalue weighted by Crippen LogP contribution is 2.29. The summed E-state index contributed by atoms with van der Waals surface area (Å²) in [7, 11) is -3.55. The van der Waals surface area contributed by atoms with Gasteiger partial charge in [0.25, 0.3) is 5.91 Å². The van der Waals surface area contributed by atoms with Crippen LogP contribution < -0.4 is 10.5 Å². The molecule has 0 aliphatic carbocycles. The average molecular weight is 389 g/mol. The van der Waals surface area contributed by atoms with Crippen LogP contribution in [0.3, 0.4) is 0 Å². The molecule has 26 heavy (non-hydrogen) atoms. The van der Waals surface area contributed by atoms with E-state index >= 15 is 0 Å². The van der Waals surface area contributed by atoms with Crippen LogP contribution in [0.25, 0.3) is 11.3 Å². The van der Waals surface area contributed by atoms with Crippen molar-refractivity contribution in [3.8, 4) is 11.3 Å². The number of halogens is 1. The maximum atomic E-state index is 12.4. The molecule has 8 heteroatoms. The zero-order valence-electron chi connectivity index (χ0n) is 13.5. The number of hydrogen-bond acceptors (Lipinski definition) is 4. The molecule has 2 aromatic carbocycles. The molecule has 132 valence electrons. The van der Waals surface area contributed by atoms with E-state index in [0.29, 0.717) is 27.5 Å². The van der Waals surface area contributed by atoms with Crippen molar-refractivity contribution in [2.45, 2.75) is 4.90 Å². The first-order chi connectivity index (χ1) is 12.3. The molecule has 4 N–H and O–H groups in total. The standard InChI is InChI=1S/C18H14ClN3O3S/c19-16-9-6-13(11-15(16)17-3-1-2-10-21-17)22-18(23)12-4-7-14(8-5-12)26(20,24)25/h1-11H,(H,22,23)(H2,20,24,25)/p+1. The lowest BCUT2D eigenvalue weighted by Gasteiger charge is -2.09. The minimum absolute atomic E-state index is 0.0537. The van der Waals surface area contributed by atoms with Gasteiger partial charge in [-0.05, 0) is 54.6 Å². The molecular formula is C18H15ClN3O3S+. The van der Waals surface area contributed by atoms with Crippen molar-refractivity contribution in [2.24, 2.45) is 0 Å². The van der Waals surface area contributed by atoms with Crippen LogP contribution in [0.5, 0.6) is 0 Å². The van der Waals surface area contributed by atoms with Gasteiger partial charge in [-0.2, -0.15) is 8.42 Å². The number of benzene rings is 2. The molecule has 6 nitrogen and oxygen atoms in total. The number of pyridine rings is 1. The van der Waals surface area contributed by atoms with E-state index in [9.17, 15) is 13.2 Å². The Morgan fingerprint density at radius 2 is 1.77 bits per heavy atom. The summed E-state index contributed by atoms with van der Waals surface area (Å²) in [6, 6.07) is 16.1. The van der Waals surface area contributed by atoms with Crippen LogP contribution >= 0.6 is 11.6 Å². The molecule has 0 bridgehead atoms. The van der Waals surface area contributed by atoms with Gasteiger partial charge >= 0.3 is 10.0 Å². The second kappa shape index (κ2) is 7.25. The Kier molecular flexibility index (Phi) is 5.03. The smallest absolute Gasteiger partial charge is 0.322 e. The summed E-state index contributed by atoms with van der Waals surface area (Å²) in [6.07, 6.45) is 1.66. The molecule has 0 spiro atoms. The van der Waals surface area contributed by atoms with Crippen LogP contribution in [0.15, 0.2) is 71.8 Å². The lowest BCUT2D eigenvalue weighted by Crippen LogP contribution is -2.56. The van der Waals surface area contributed by atoms with Gasteiger partial charge in [0.1, 0.15) is 4.90 Å². The number of nitrogens with zero attached hydrogens (tertiary/aromatic N) is 1. The molecule has 3 aromatic rings. The third-order valence-electron chi connectivity index (χ3n) is 3.64. The summed E-state index contributed by atoms with van der Waals surface area (Å²) < 4.78 is 22.8. The Labute approximate surface area is 155 Å². The zero-order chi connectivity index (χ0) is 18.7. The third kappa shape index (κ3) is 4.08. The van der Waals surface area contributed by atoms with Gasteiger partial charge in [0.2, 0.25) is 0 Å². The fourth-order valence-corrected chi connectivity index (χ4v) is 3.10. The van der Waals surface area contributed by atoms with Gasteiger partial charge in [0.05, 0.1) is 10.7 Å². The number of quaternary nitrogens is 1. The number of carbonyl (C=O) groups is 1. The molecule has 0 aliphatic rings. The molecule has 0 saturated heterocycles. The number of nitrogens with one attached hydrogen (secondary N) is 1. The van der Waals surface area contributed by atoms with Gasteiger partial charge < -0.3 is 5.32 Å². The molecular weight excluding hydrogens is 374 g/mol. The fraction of sp³-hybridized carbons (Fsp3) is 0. The minimum Gasteiger partial charge on any atom is -0.322 e. The predicted molar refractivity (Wildman–Crippen MR) is 99.2 cm³/mol. The Balaban J connectivity index is 1.84. The lowest BCUT2D eigenvalue weighted by molar-refractivity contribution is -0.164. The normalized spacial score (nSPS) is 11.2. The number of carbonyl (C=O) groups excluding carboxylic acids is 1. The maximum Gasteiger partial charge on any atom is 0.322 e. The number of amides is 1. The first-order valence-corrected chi connectivity index (χ1v) is 9.58. The monoisotopic (exact) mass is 388 g/mol. The Morgan fingerprint density at radius 3 is 2.38 bits per heavy atom. The van der Waals surface area contributed by atoms with Crippen molar-refractivity contribution in [1.82, 2.24) is 4.98 Å². The van der Waals surface area contributed by atoms with Gasteiger partial charge in [-0.15, -0.1) is 0 Å². The molecule has 1 aromatic heterocycles. The summed E-state index contributed by atoms with van der Waals surface area (Å²) in [6.45, 7) is 0. The summed E-state index contributed by atoms with van der Waals surface area (Å²) in [5.74, 6) is -0.368. The first-order valence-electron chi connectivity index (χ1n) is 7.55. The second-order valence-corrected chi connectivity index (χ2v) is 7.61. The van der Waals surface area contributed by atoms with Crippen LogP contribution in [-0.4, -0.2) is 19.3 Å². The van der Waals surface area contributed by atoms with Crippen molar-refractivity contribution in [3.63, 3.8) is 0 Å². The van der Waals surface area contributed by atoms with E-state index in [4.69, 9.17) is 11.6 Å². The number of hydrogen-bond donors (Lipinski definition) is 2. The van der Waals surface area contributed by atoms with Gasteiger partial charge in [0.15, 0.2) is 0 Å². The number of aromatic nitrogens is 1. The van der Waals surface area contributed by atoms with E-state index in [1.807, 2.05) is 12.1 Å². The summed E-state index contributed by atoms with van der Waals surface area (Å²) in [5.41, 5.74) is 2.27. The van der Waals surface area contributed by atoms with E-state index in [0.717, 1.165) is 0 Å². The SMILES string of the molecule is [NH3+]S(=O)(=O)c1ccc(C(=O)Nc2ccc(Cl)c(-c3ccccn3)c2)cc1. The fourth-order valence-electron chi connectivity index (χ4n) is 2.34. The highest BCUT2D eigenvalue weighted by molar-refractivity contribution is 7.84. The maximum absolute atomic E-state index is 12.4.